The van der Waals surface area contributed by atoms with E-state index in [0.29, 0.717) is 11.4 Å². The summed E-state index contributed by atoms with van der Waals surface area (Å²) in [5.41, 5.74) is 2.49. The Hall–Kier alpha value is -2.29. The molecule has 1 aromatic heterocycles. The van der Waals surface area contributed by atoms with E-state index in [4.69, 9.17) is 10.8 Å². The monoisotopic (exact) mass is 225 g/mol. The van der Waals surface area contributed by atoms with Crippen LogP contribution in [0.25, 0.3) is 0 Å². The zero-order valence-electron chi connectivity index (χ0n) is 9.72. The van der Waals surface area contributed by atoms with Crippen molar-refractivity contribution in [1.29, 1.82) is 10.8 Å². The molecule has 0 unspecified atom stereocenters. The highest BCUT2D eigenvalue weighted by atomic mass is 14.7. The fourth-order valence-corrected chi connectivity index (χ4v) is 1.16. The molecule has 0 saturated heterocycles. The quantitative estimate of drug-likeness (QED) is 0.758. The van der Waals surface area contributed by atoms with Crippen molar-refractivity contribution in [1.82, 2.24) is 4.98 Å². The first-order valence-corrected chi connectivity index (χ1v) is 5.26. The van der Waals surface area contributed by atoms with Gasteiger partial charge in [-0.25, -0.2) is 4.98 Å². The Morgan fingerprint density at radius 2 is 1.35 bits per heavy atom. The normalized spacial score (nSPS) is 8.76. The van der Waals surface area contributed by atoms with Gasteiger partial charge in [0.05, 0.1) is 11.4 Å². The Morgan fingerprint density at radius 3 is 1.71 bits per heavy atom. The highest BCUT2D eigenvalue weighted by Crippen LogP contribution is 1.93. The first-order valence-electron chi connectivity index (χ1n) is 5.26. The Balaban J connectivity index is 0.000000181. The largest absolute Gasteiger partial charge is 0.307 e. The summed E-state index contributed by atoms with van der Waals surface area (Å²) in [6, 6.07) is 15.5. The molecule has 1 heterocycles. The van der Waals surface area contributed by atoms with E-state index in [1.807, 2.05) is 18.2 Å². The molecule has 0 aliphatic heterocycles. The maximum absolute atomic E-state index is 6.85. The minimum absolute atomic E-state index is 0.584. The van der Waals surface area contributed by atoms with Crippen LogP contribution < -0.4 is 0 Å². The molecule has 0 amide bonds. The summed E-state index contributed by atoms with van der Waals surface area (Å²) in [6.07, 6.45) is 2.32. The van der Waals surface area contributed by atoms with Crippen molar-refractivity contribution in [2.24, 2.45) is 0 Å². The third-order valence-electron chi connectivity index (χ3n) is 2.03. The number of hydrogen-bond donors (Lipinski definition) is 2. The van der Waals surface area contributed by atoms with Gasteiger partial charge in [0.25, 0.3) is 0 Å². The first kappa shape index (κ1) is 12.8. The second kappa shape index (κ2) is 7.06. The van der Waals surface area contributed by atoms with Crippen LogP contribution in [-0.4, -0.2) is 17.4 Å². The van der Waals surface area contributed by atoms with Crippen LogP contribution in [0.15, 0.2) is 48.5 Å². The van der Waals surface area contributed by atoms with Gasteiger partial charge in [-0.15, -0.1) is 0 Å². The molecule has 2 N–H and O–H groups in total. The van der Waals surface area contributed by atoms with Gasteiger partial charge in [-0.1, -0.05) is 42.0 Å². The molecule has 3 heteroatoms. The van der Waals surface area contributed by atoms with Crippen molar-refractivity contribution < 1.29 is 0 Å². The van der Waals surface area contributed by atoms with Crippen LogP contribution in [0.1, 0.15) is 17.0 Å². The smallest absolute Gasteiger partial charge is 0.0813 e. The average Bonchev–Trinajstić information content (AvgIpc) is 2.40. The summed E-state index contributed by atoms with van der Waals surface area (Å²) in [5.74, 6) is 0. The Labute approximate surface area is 101 Å². The van der Waals surface area contributed by atoms with Gasteiger partial charge in [-0.05, 0) is 19.1 Å². The van der Waals surface area contributed by atoms with Gasteiger partial charge in [-0.2, -0.15) is 0 Å². The highest BCUT2D eigenvalue weighted by Gasteiger charge is 1.88. The molecule has 17 heavy (non-hydrogen) atoms. The van der Waals surface area contributed by atoms with E-state index in [2.05, 4.69) is 24.0 Å². The molecule has 0 atom stereocenters. The van der Waals surface area contributed by atoms with Crippen molar-refractivity contribution in [3.8, 4) is 0 Å². The van der Waals surface area contributed by atoms with Crippen molar-refractivity contribution in [2.75, 3.05) is 0 Å². The summed E-state index contributed by atoms with van der Waals surface area (Å²) in [7, 11) is 0. The van der Waals surface area contributed by atoms with E-state index >= 15 is 0 Å². The number of rotatable bonds is 2. The number of benzene rings is 1. The number of pyridine rings is 1. The van der Waals surface area contributed by atoms with Gasteiger partial charge in [0, 0.05) is 12.4 Å². The molecule has 1 aromatic carbocycles. The number of nitrogens with one attached hydrogen (secondary N) is 2. The Kier molecular flexibility index (Phi) is 5.31. The van der Waals surface area contributed by atoms with Gasteiger partial charge in [0.15, 0.2) is 0 Å². The standard InChI is InChI=1S/C7H7N3.C7H8/c8-4-6-2-1-3-7(5-9)10-6;1-7-5-3-2-4-6-7/h1-5,8-9H;2-6H,1H3. The van der Waals surface area contributed by atoms with Gasteiger partial charge in [0.2, 0.25) is 0 Å². The molecule has 2 rings (SSSR count). The third-order valence-corrected chi connectivity index (χ3v) is 2.03. The summed E-state index contributed by atoms with van der Waals surface area (Å²) < 4.78 is 0. The molecule has 0 radical (unpaired) electrons. The number of nitrogens with zero attached hydrogens (tertiary/aromatic N) is 1. The van der Waals surface area contributed by atoms with Crippen LogP contribution in [0.2, 0.25) is 0 Å². The van der Waals surface area contributed by atoms with Crippen LogP contribution in [0.5, 0.6) is 0 Å². The SMILES string of the molecule is Cc1ccccc1.N=Cc1cccc(C=N)n1. The number of aromatic nitrogens is 1. The van der Waals surface area contributed by atoms with E-state index in [1.54, 1.807) is 18.2 Å². The average molecular weight is 225 g/mol. The predicted octanol–water partition coefficient (Wildman–Crippen LogP) is 3.07. The van der Waals surface area contributed by atoms with Crippen LogP contribution in [0.3, 0.4) is 0 Å². The Morgan fingerprint density at radius 1 is 0.824 bits per heavy atom. The summed E-state index contributed by atoms with van der Waals surface area (Å²) in [6.45, 7) is 2.08. The van der Waals surface area contributed by atoms with E-state index in [9.17, 15) is 0 Å². The molecule has 0 bridgehead atoms. The maximum atomic E-state index is 6.85. The van der Waals surface area contributed by atoms with Crippen LogP contribution in [-0.2, 0) is 0 Å². The third kappa shape index (κ3) is 4.84. The molecule has 0 aliphatic rings. The molecule has 0 saturated carbocycles. The molecule has 86 valence electrons. The lowest BCUT2D eigenvalue weighted by Crippen LogP contribution is -1.90. The summed E-state index contributed by atoms with van der Waals surface area (Å²) in [5, 5.41) is 13.7. The van der Waals surface area contributed by atoms with Crippen molar-refractivity contribution >= 4 is 12.4 Å². The lowest BCUT2D eigenvalue weighted by Gasteiger charge is -1.91. The highest BCUT2D eigenvalue weighted by molar-refractivity contribution is 5.78. The van der Waals surface area contributed by atoms with Crippen molar-refractivity contribution in [3.63, 3.8) is 0 Å². The van der Waals surface area contributed by atoms with Crippen molar-refractivity contribution in [3.05, 3.63) is 65.5 Å². The molecule has 3 nitrogen and oxygen atoms in total. The first-order chi connectivity index (χ1) is 8.26. The zero-order chi connectivity index (χ0) is 12.5. The second-order valence-electron chi connectivity index (χ2n) is 3.43. The van der Waals surface area contributed by atoms with Crippen LogP contribution in [0.4, 0.5) is 0 Å². The molecule has 0 spiro atoms. The fraction of sp³-hybridized carbons (Fsp3) is 0.0714. The van der Waals surface area contributed by atoms with E-state index < -0.39 is 0 Å². The second-order valence-corrected chi connectivity index (χ2v) is 3.43. The lowest BCUT2D eigenvalue weighted by molar-refractivity contribution is 1.26. The van der Waals surface area contributed by atoms with E-state index in [0.717, 1.165) is 12.4 Å². The van der Waals surface area contributed by atoms with Gasteiger partial charge < -0.3 is 10.8 Å². The van der Waals surface area contributed by atoms with Gasteiger partial charge in [0.1, 0.15) is 0 Å². The van der Waals surface area contributed by atoms with Crippen LogP contribution in [0, 0.1) is 17.7 Å². The molecular weight excluding hydrogens is 210 g/mol. The Bertz CT molecular complexity index is 455. The van der Waals surface area contributed by atoms with Gasteiger partial charge in [-0.3, -0.25) is 0 Å². The molecule has 2 aromatic rings. The molecule has 0 aliphatic carbocycles. The van der Waals surface area contributed by atoms with Crippen molar-refractivity contribution in [2.45, 2.75) is 6.92 Å². The number of aryl methyl sites for hydroxylation is 1. The summed E-state index contributed by atoms with van der Waals surface area (Å²) >= 11 is 0. The van der Waals surface area contributed by atoms with Crippen LogP contribution >= 0.6 is 0 Å². The minimum Gasteiger partial charge on any atom is -0.307 e. The molecular formula is C14H15N3. The summed E-state index contributed by atoms with van der Waals surface area (Å²) in [4.78, 5) is 3.92. The van der Waals surface area contributed by atoms with E-state index in [-0.39, 0.29) is 0 Å². The maximum Gasteiger partial charge on any atom is 0.0813 e. The van der Waals surface area contributed by atoms with Gasteiger partial charge >= 0.3 is 0 Å². The topological polar surface area (TPSA) is 60.6 Å². The fourth-order valence-electron chi connectivity index (χ4n) is 1.16. The molecule has 0 fully saturated rings. The lowest BCUT2D eigenvalue weighted by atomic mass is 10.2. The minimum atomic E-state index is 0.584. The van der Waals surface area contributed by atoms with E-state index in [1.165, 1.54) is 5.56 Å². The predicted molar refractivity (Wildman–Crippen MR) is 71.2 cm³/mol. The number of hydrogen-bond acceptors (Lipinski definition) is 3. The zero-order valence-corrected chi connectivity index (χ0v) is 9.72.